The Labute approximate surface area is 152 Å². The summed E-state index contributed by atoms with van der Waals surface area (Å²) >= 11 is 0. The second-order valence-electron chi connectivity index (χ2n) is 5.44. The average molecular weight is 363 g/mol. The molecule has 4 rings (SSSR count). The minimum atomic E-state index is -0.106. The van der Waals surface area contributed by atoms with Crippen molar-refractivity contribution in [2.75, 3.05) is 10.7 Å². The first-order valence-corrected chi connectivity index (χ1v) is 7.82. The first kappa shape index (κ1) is 16.3. The lowest BCUT2D eigenvalue weighted by Gasteiger charge is -2.09. The number of aromatic hydroxyl groups is 2. The Balaban J connectivity index is 1.63. The summed E-state index contributed by atoms with van der Waals surface area (Å²) in [6, 6.07) is 13.6. The summed E-state index contributed by atoms with van der Waals surface area (Å²) in [5.41, 5.74) is 4.44. The van der Waals surface area contributed by atoms with E-state index in [0.29, 0.717) is 11.4 Å². The van der Waals surface area contributed by atoms with Crippen molar-refractivity contribution in [1.29, 1.82) is 0 Å². The zero-order valence-corrected chi connectivity index (χ0v) is 13.7. The molecule has 0 bridgehead atoms. The quantitative estimate of drug-likeness (QED) is 0.311. The number of rotatable bonds is 5. The molecule has 134 valence electrons. The molecule has 0 radical (unpaired) electrons. The fourth-order valence-corrected chi connectivity index (χ4v) is 2.27. The van der Waals surface area contributed by atoms with Crippen LogP contribution in [0.2, 0.25) is 0 Å². The van der Waals surface area contributed by atoms with E-state index in [2.05, 4.69) is 40.8 Å². The van der Waals surface area contributed by atoms with Gasteiger partial charge in [0.05, 0.1) is 6.21 Å². The molecule has 0 amide bonds. The molecule has 0 aliphatic rings. The Kier molecular flexibility index (Phi) is 4.19. The van der Waals surface area contributed by atoms with Crippen LogP contribution in [-0.2, 0) is 0 Å². The largest absolute Gasteiger partial charge is 0.508 e. The standard InChI is InChI=1S/C17H13N7O3/c25-12-7-6-10(13(26)8-12)9-18-22-15-14(19-11-4-2-1-3-5-11)20-16-17(21-15)24-27-23-16/h1-9,25-26H,(H,19,20,23)(H,21,22,24). The predicted molar refractivity (Wildman–Crippen MR) is 98.1 cm³/mol. The summed E-state index contributed by atoms with van der Waals surface area (Å²) in [6.45, 7) is 0. The van der Waals surface area contributed by atoms with Crippen LogP contribution in [0.3, 0.4) is 0 Å². The molecule has 0 aliphatic heterocycles. The lowest BCUT2D eigenvalue weighted by molar-refractivity contribution is 0.314. The SMILES string of the molecule is Oc1ccc(C=NNc2nc3nonc3nc2Nc2ccccc2)c(O)c1. The molecule has 0 aliphatic carbocycles. The molecule has 27 heavy (non-hydrogen) atoms. The van der Waals surface area contributed by atoms with Gasteiger partial charge in [0.25, 0.3) is 0 Å². The van der Waals surface area contributed by atoms with Gasteiger partial charge in [0.2, 0.25) is 11.3 Å². The fourth-order valence-electron chi connectivity index (χ4n) is 2.27. The van der Waals surface area contributed by atoms with Gasteiger partial charge in [0.15, 0.2) is 11.6 Å². The molecule has 0 fully saturated rings. The molecule has 0 saturated heterocycles. The average Bonchev–Trinajstić information content (AvgIpc) is 3.11. The minimum Gasteiger partial charge on any atom is -0.508 e. The molecular formula is C17H13N7O3. The van der Waals surface area contributed by atoms with Crippen molar-refractivity contribution in [3.05, 3.63) is 54.1 Å². The number of phenolic OH excluding ortho intramolecular Hbond substituents is 2. The normalized spacial score (nSPS) is 11.1. The molecule has 4 aromatic rings. The number of nitrogens with one attached hydrogen (secondary N) is 2. The molecule has 0 saturated carbocycles. The number of anilines is 3. The number of phenols is 2. The molecule has 2 aromatic heterocycles. The van der Waals surface area contributed by atoms with E-state index in [0.717, 1.165) is 5.69 Å². The van der Waals surface area contributed by atoms with E-state index in [1.807, 2.05) is 30.3 Å². The molecule has 0 atom stereocenters. The van der Waals surface area contributed by atoms with Crippen LogP contribution in [0.5, 0.6) is 11.5 Å². The third-order valence-electron chi connectivity index (χ3n) is 3.54. The van der Waals surface area contributed by atoms with Crippen LogP contribution in [0, 0.1) is 0 Å². The van der Waals surface area contributed by atoms with E-state index < -0.39 is 0 Å². The number of nitrogens with zero attached hydrogens (tertiary/aromatic N) is 5. The second-order valence-corrected chi connectivity index (χ2v) is 5.44. The summed E-state index contributed by atoms with van der Waals surface area (Å²) in [5, 5.41) is 33.7. The van der Waals surface area contributed by atoms with Gasteiger partial charge in [-0.2, -0.15) is 10.1 Å². The Morgan fingerprint density at radius 2 is 1.67 bits per heavy atom. The zero-order chi connectivity index (χ0) is 18.6. The molecule has 0 unspecified atom stereocenters. The summed E-state index contributed by atoms with van der Waals surface area (Å²) in [5.74, 6) is 0.514. The Morgan fingerprint density at radius 1 is 0.926 bits per heavy atom. The van der Waals surface area contributed by atoms with Crippen molar-refractivity contribution in [3.8, 4) is 11.5 Å². The Morgan fingerprint density at radius 3 is 2.41 bits per heavy atom. The lowest BCUT2D eigenvalue weighted by Crippen LogP contribution is -2.03. The van der Waals surface area contributed by atoms with Gasteiger partial charge >= 0.3 is 0 Å². The monoisotopic (exact) mass is 363 g/mol. The van der Waals surface area contributed by atoms with Crippen LogP contribution in [0.4, 0.5) is 17.3 Å². The maximum absolute atomic E-state index is 9.80. The van der Waals surface area contributed by atoms with E-state index in [4.69, 9.17) is 0 Å². The van der Waals surface area contributed by atoms with Crippen molar-refractivity contribution >= 4 is 34.8 Å². The third kappa shape index (κ3) is 3.58. The van der Waals surface area contributed by atoms with Crippen molar-refractivity contribution < 1.29 is 14.8 Å². The smallest absolute Gasteiger partial charge is 0.245 e. The van der Waals surface area contributed by atoms with Gasteiger partial charge < -0.3 is 15.5 Å². The first-order chi connectivity index (χ1) is 13.2. The van der Waals surface area contributed by atoms with Gasteiger partial charge in [0.1, 0.15) is 11.5 Å². The maximum atomic E-state index is 9.80. The zero-order valence-electron chi connectivity index (χ0n) is 13.7. The van der Waals surface area contributed by atoms with Crippen molar-refractivity contribution in [2.24, 2.45) is 5.10 Å². The molecule has 0 spiro atoms. The predicted octanol–water partition coefficient (Wildman–Crippen LogP) is 2.61. The van der Waals surface area contributed by atoms with E-state index >= 15 is 0 Å². The van der Waals surface area contributed by atoms with Gasteiger partial charge in [-0.3, -0.25) is 5.43 Å². The van der Waals surface area contributed by atoms with E-state index in [1.54, 1.807) is 0 Å². The Hall–Kier alpha value is -4.21. The topological polar surface area (TPSA) is 142 Å². The van der Waals surface area contributed by atoms with Crippen molar-refractivity contribution in [3.63, 3.8) is 0 Å². The summed E-state index contributed by atoms with van der Waals surface area (Å²) in [4.78, 5) is 8.60. The highest BCUT2D eigenvalue weighted by Gasteiger charge is 2.12. The number of hydrogen-bond acceptors (Lipinski definition) is 10. The van der Waals surface area contributed by atoms with Gasteiger partial charge in [-0.05, 0) is 34.6 Å². The number of benzene rings is 2. The van der Waals surface area contributed by atoms with Crippen LogP contribution in [0.1, 0.15) is 5.56 Å². The van der Waals surface area contributed by atoms with Crippen LogP contribution in [0.15, 0.2) is 58.3 Å². The minimum absolute atomic E-state index is 0.0400. The molecule has 10 nitrogen and oxygen atoms in total. The number of hydrazone groups is 1. The molecule has 10 heteroatoms. The number of para-hydroxylation sites is 1. The summed E-state index contributed by atoms with van der Waals surface area (Å²) < 4.78 is 4.65. The van der Waals surface area contributed by atoms with Crippen molar-refractivity contribution in [1.82, 2.24) is 20.3 Å². The van der Waals surface area contributed by atoms with Crippen LogP contribution in [0.25, 0.3) is 11.3 Å². The Bertz CT molecular complexity index is 1110. The number of aromatic nitrogens is 4. The maximum Gasteiger partial charge on any atom is 0.245 e. The van der Waals surface area contributed by atoms with Gasteiger partial charge in [-0.15, -0.1) is 0 Å². The molecule has 2 aromatic carbocycles. The molecular weight excluding hydrogens is 350 g/mol. The summed E-state index contributed by atoms with van der Waals surface area (Å²) in [7, 11) is 0. The lowest BCUT2D eigenvalue weighted by atomic mass is 10.2. The second kappa shape index (κ2) is 6.96. The van der Waals surface area contributed by atoms with Gasteiger partial charge in [-0.1, -0.05) is 18.2 Å². The van der Waals surface area contributed by atoms with Crippen molar-refractivity contribution in [2.45, 2.75) is 0 Å². The molecule has 4 N–H and O–H groups in total. The number of hydrogen-bond donors (Lipinski definition) is 4. The van der Waals surface area contributed by atoms with Crippen LogP contribution < -0.4 is 10.7 Å². The van der Waals surface area contributed by atoms with Crippen LogP contribution in [-0.4, -0.2) is 36.7 Å². The number of fused-ring (bicyclic) bond motifs is 1. The third-order valence-corrected chi connectivity index (χ3v) is 3.54. The van der Waals surface area contributed by atoms with Crippen LogP contribution >= 0.6 is 0 Å². The van der Waals surface area contributed by atoms with Gasteiger partial charge in [0, 0.05) is 17.3 Å². The highest BCUT2D eigenvalue weighted by atomic mass is 16.6. The van der Waals surface area contributed by atoms with E-state index in [1.165, 1.54) is 24.4 Å². The van der Waals surface area contributed by atoms with Gasteiger partial charge in [-0.25, -0.2) is 9.61 Å². The van der Waals surface area contributed by atoms with E-state index in [9.17, 15) is 10.2 Å². The van der Waals surface area contributed by atoms with E-state index in [-0.39, 0.29) is 28.6 Å². The summed E-state index contributed by atoms with van der Waals surface area (Å²) in [6.07, 6.45) is 1.38. The first-order valence-electron chi connectivity index (χ1n) is 7.82. The highest BCUT2D eigenvalue weighted by Crippen LogP contribution is 2.24. The molecule has 2 heterocycles. The fraction of sp³-hybridized carbons (Fsp3) is 0. The highest BCUT2D eigenvalue weighted by molar-refractivity contribution is 5.85.